The SMILES string of the molecule is CC1C=C2C(C(CO)C1CO)C1CC1C1CC21C. The van der Waals surface area contributed by atoms with Gasteiger partial charge in [0.25, 0.3) is 0 Å². The van der Waals surface area contributed by atoms with E-state index in [-0.39, 0.29) is 19.1 Å². The molecule has 0 amide bonds. The maximum atomic E-state index is 9.83. The van der Waals surface area contributed by atoms with E-state index in [0.29, 0.717) is 23.2 Å². The van der Waals surface area contributed by atoms with Gasteiger partial charge in [-0.2, -0.15) is 0 Å². The van der Waals surface area contributed by atoms with Crippen LogP contribution in [-0.4, -0.2) is 23.4 Å². The lowest BCUT2D eigenvalue weighted by Crippen LogP contribution is -2.42. The van der Waals surface area contributed by atoms with Crippen molar-refractivity contribution in [3.63, 3.8) is 0 Å². The van der Waals surface area contributed by atoms with Gasteiger partial charge in [0.1, 0.15) is 0 Å². The van der Waals surface area contributed by atoms with E-state index in [0.717, 1.165) is 17.8 Å². The summed E-state index contributed by atoms with van der Waals surface area (Å²) in [7, 11) is 0. The highest BCUT2D eigenvalue weighted by molar-refractivity contribution is 5.38. The minimum atomic E-state index is 0.226. The first-order valence-electron chi connectivity index (χ1n) is 7.55. The monoisotopic (exact) mass is 248 g/mol. The highest BCUT2D eigenvalue weighted by atomic mass is 16.3. The van der Waals surface area contributed by atoms with Crippen molar-refractivity contribution in [2.45, 2.75) is 26.7 Å². The van der Waals surface area contributed by atoms with Gasteiger partial charge in [-0.25, -0.2) is 0 Å². The Morgan fingerprint density at radius 3 is 2.61 bits per heavy atom. The third-order valence-corrected chi connectivity index (χ3v) is 6.74. The van der Waals surface area contributed by atoms with Crippen LogP contribution in [0.2, 0.25) is 0 Å². The number of rotatable bonds is 2. The third-order valence-electron chi connectivity index (χ3n) is 6.74. The summed E-state index contributed by atoms with van der Waals surface area (Å²) in [6.07, 6.45) is 5.22. The fraction of sp³-hybridized carbons (Fsp3) is 0.875. The molecule has 0 saturated heterocycles. The molecule has 4 rings (SSSR count). The second-order valence-electron chi connectivity index (χ2n) is 7.49. The molecule has 0 heterocycles. The van der Waals surface area contributed by atoms with Crippen LogP contribution in [0.15, 0.2) is 11.6 Å². The molecule has 100 valence electrons. The number of aliphatic hydroxyl groups excluding tert-OH is 2. The van der Waals surface area contributed by atoms with Crippen LogP contribution in [0.1, 0.15) is 26.7 Å². The first-order chi connectivity index (χ1) is 8.61. The van der Waals surface area contributed by atoms with Crippen LogP contribution in [0.3, 0.4) is 0 Å². The molecule has 0 aromatic heterocycles. The quantitative estimate of drug-likeness (QED) is 0.735. The average Bonchev–Trinajstić information content (AvgIpc) is 3.21. The van der Waals surface area contributed by atoms with E-state index in [1.165, 1.54) is 12.8 Å². The van der Waals surface area contributed by atoms with Crippen molar-refractivity contribution in [3.05, 3.63) is 11.6 Å². The van der Waals surface area contributed by atoms with Gasteiger partial charge in [0.2, 0.25) is 0 Å². The summed E-state index contributed by atoms with van der Waals surface area (Å²) in [6.45, 7) is 5.13. The normalized spacial score (nSPS) is 60.2. The van der Waals surface area contributed by atoms with Gasteiger partial charge in [-0.05, 0) is 59.7 Å². The predicted octanol–water partition coefficient (Wildman–Crippen LogP) is 2.07. The van der Waals surface area contributed by atoms with E-state index in [4.69, 9.17) is 0 Å². The molecule has 0 aromatic rings. The van der Waals surface area contributed by atoms with Crippen LogP contribution >= 0.6 is 0 Å². The smallest absolute Gasteiger partial charge is 0.0468 e. The molecule has 4 aliphatic rings. The molecule has 18 heavy (non-hydrogen) atoms. The summed E-state index contributed by atoms with van der Waals surface area (Å²) >= 11 is 0. The topological polar surface area (TPSA) is 40.5 Å². The second-order valence-corrected chi connectivity index (χ2v) is 7.49. The van der Waals surface area contributed by atoms with Crippen LogP contribution < -0.4 is 0 Å². The molecule has 3 fully saturated rings. The Labute approximate surface area is 109 Å². The van der Waals surface area contributed by atoms with Gasteiger partial charge in [-0.1, -0.05) is 25.5 Å². The van der Waals surface area contributed by atoms with Gasteiger partial charge in [-0.3, -0.25) is 0 Å². The Hall–Kier alpha value is -0.340. The summed E-state index contributed by atoms with van der Waals surface area (Å²) < 4.78 is 0. The molecule has 0 aromatic carbocycles. The second kappa shape index (κ2) is 3.40. The van der Waals surface area contributed by atoms with Crippen LogP contribution in [-0.2, 0) is 0 Å². The largest absolute Gasteiger partial charge is 0.396 e. The van der Waals surface area contributed by atoms with Crippen LogP contribution in [0, 0.1) is 46.8 Å². The van der Waals surface area contributed by atoms with Crippen molar-refractivity contribution in [3.8, 4) is 0 Å². The third kappa shape index (κ3) is 1.21. The van der Waals surface area contributed by atoms with Crippen LogP contribution in [0.5, 0.6) is 0 Å². The molecule has 3 saturated carbocycles. The number of fused-ring (bicyclic) bond motifs is 6. The number of allylic oxidation sites excluding steroid dienone is 2. The lowest BCUT2D eigenvalue weighted by Gasteiger charge is -2.45. The molecular formula is C16H24O2. The molecule has 2 nitrogen and oxygen atoms in total. The summed E-state index contributed by atoms with van der Waals surface area (Å²) in [5.74, 6) is 4.29. The van der Waals surface area contributed by atoms with E-state index in [9.17, 15) is 10.2 Å². The number of aliphatic hydroxyl groups is 2. The standard InChI is InChI=1S/C16H24O2/c1-8-3-13-15(12(7-18)11(8)6-17)10-4-9(10)14-5-16(13,14)2/h3,8-12,14-15,17-18H,4-7H2,1-2H3. The minimum Gasteiger partial charge on any atom is -0.396 e. The lowest BCUT2D eigenvalue weighted by atomic mass is 9.61. The zero-order valence-corrected chi connectivity index (χ0v) is 11.3. The minimum absolute atomic E-state index is 0.226. The van der Waals surface area contributed by atoms with Crippen molar-refractivity contribution >= 4 is 0 Å². The van der Waals surface area contributed by atoms with Crippen LogP contribution in [0.25, 0.3) is 0 Å². The highest BCUT2D eigenvalue weighted by Crippen LogP contribution is 2.77. The molecule has 0 spiro atoms. The van der Waals surface area contributed by atoms with E-state index >= 15 is 0 Å². The summed E-state index contributed by atoms with van der Waals surface area (Å²) in [4.78, 5) is 0. The Kier molecular flexibility index (Phi) is 2.17. The van der Waals surface area contributed by atoms with Gasteiger partial charge in [0.15, 0.2) is 0 Å². The molecule has 0 radical (unpaired) electrons. The number of hydrogen-bond donors (Lipinski definition) is 2. The zero-order valence-electron chi connectivity index (χ0n) is 11.3. The molecule has 8 atom stereocenters. The van der Waals surface area contributed by atoms with E-state index in [1.54, 1.807) is 5.57 Å². The van der Waals surface area contributed by atoms with Gasteiger partial charge < -0.3 is 10.2 Å². The van der Waals surface area contributed by atoms with Crippen molar-refractivity contribution in [1.29, 1.82) is 0 Å². The highest BCUT2D eigenvalue weighted by Gasteiger charge is 2.71. The maximum absolute atomic E-state index is 9.83. The fourth-order valence-corrected chi connectivity index (χ4v) is 5.54. The molecule has 4 aliphatic carbocycles. The van der Waals surface area contributed by atoms with Crippen molar-refractivity contribution in [2.75, 3.05) is 13.2 Å². The van der Waals surface area contributed by atoms with Gasteiger partial charge in [-0.15, -0.1) is 0 Å². The van der Waals surface area contributed by atoms with Gasteiger partial charge >= 0.3 is 0 Å². The molecule has 0 aliphatic heterocycles. The van der Waals surface area contributed by atoms with Gasteiger partial charge in [0.05, 0.1) is 0 Å². The van der Waals surface area contributed by atoms with Crippen molar-refractivity contribution in [2.24, 2.45) is 46.8 Å². The summed E-state index contributed by atoms with van der Waals surface area (Å²) in [6, 6.07) is 0. The molecule has 2 N–H and O–H groups in total. The zero-order chi connectivity index (χ0) is 12.7. The lowest BCUT2D eigenvalue weighted by molar-refractivity contribution is 0.0413. The van der Waals surface area contributed by atoms with Crippen molar-refractivity contribution in [1.82, 2.24) is 0 Å². The maximum Gasteiger partial charge on any atom is 0.0468 e. The van der Waals surface area contributed by atoms with E-state index in [1.807, 2.05) is 0 Å². The molecule has 8 unspecified atom stereocenters. The Morgan fingerprint density at radius 2 is 1.94 bits per heavy atom. The van der Waals surface area contributed by atoms with E-state index < -0.39 is 0 Å². The molecule has 2 heteroatoms. The van der Waals surface area contributed by atoms with Crippen molar-refractivity contribution < 1.29 is 10.2 Å². The summed E-state index contributed by atoms with van der Waals surface area (Å²) in [5, 5.41) is 19.5. The van der Waals surface area contributed by atoms with Gasteiger partial charge in [0, 0.05) is 13.2 Å². The molecule has 0 bridgehead atoms. The Morgan fingerprint density at radius 1 is 1.22 bits per heavy atom. The van der Waals surface area contributed by atoms with Crippen LogP contribution in [0.4, 0.5) is 0 Å². The first kappa shape index (κ1) is 11.5. The fourth-order valence-electron chi connectivity index (χ4n) is 5.54. The Balaban J connectivity index is 1.77. The first-order valence-corrected chi connectivity index (χ1v) is 7.55. The Bertz CT molecular complexity index is 415. The average molecular weight is 248 g/mol. The number of hydrogen-bond acceptors (Lipinski definition) is 2. The molecular weight excluding hydrogens is 224 g/mol. The summed E-state index contributed by atoms with van der Waals surface area (Å²) in [5.41, 5.74) is 2.12. The predicted molar refractivity (Wildman–Crippen MR) is 69.7 cm³/mol. The van der Waals surface area contributed by atoms with E-state index in [2.05, 4.69) is 19.9 Å².